The van der Waals surface area contributed by atoms with Crippen molar-refractivity contribution in [1.82, 2.24) is 0 Å². The monoisotopic (exact) mass is 237 g/mol. The average Bonchev–Trinajstić information content (AvgIpc) is 2.73. The molecule has 17 heavy (non-hydrogen) atoms. The maximum absolute atomic E-state index is 10.1. The number of benzene rings is 1. The second kappa shape index (κ2) is 4.94. The summed E-state index contributed by atoms with van der Waals surface area (Å²) in [5.41, 5.74) is 6.75. The summed E-state index contributed by atoms with van der Waals surface area (Å²) in [4.78, 5) is 0. The van der Waals surface area contributed by atoms with Gasteiger partial charge in [-0.3, -0.25) is 0 Å². The van der Waals surface area contributed by atoms with Crippen molar-refractivity contribution in [1.29, 1.82) is 0 Å². The minimum absolute atomic E-state index is 0.243. The van der Waals surface area contributed by atoms with E-state index < -0.39 is 6.10 Å². The lowest BCUT2D eigenvalue weighted by atomic mass is 9.95. The summed E-state index contributed by atoms with van der Waals surface area (Å²) >= 11 is 0. The first-order valence-electron chi connectivity index (χ1n) is 5.91. The zero-order valence-electron chi connectivity index (χ0n) is 10.2. The smallest absolute Gasteiger partial charge is 0.231 e. The predicted molar refractivity (Wildman–Crippen MR) is 65.0 cm³/mol. The third-order valence-corrected chi connectivity index (χ3v) is 2.89. The number of nitrogens with two attached hydrogens (primary N) is 1. The molecule has 3 N–H and O–H groups in total. The third-order valence-electron chi connectivity index (χ3n) is 2.89. The van der Waals surface area contributed by atoms with E-state index in [2.05, 4.69) is 13.8 Å². The second-order valence-electron chi connectivity index (χ2n) is 4.85. The van der Waals surface area contributed by atoms with Crippen molar-refractivity contribution in [3.05, 3.63) is 23.8 Å². The quantitative estimate of drug-likeness (QED) is 0.838. The van der Waals surface area contributed by atoms with Crippen molar-refractivity contribution in [3.8, 4) is 11.5 Å². The largest absolute Gasteiger partial charge is 0.454 e. The van der Waals surface area contributed by atoms with Gasteiger partial charge in [-0.05, 0) is 30.0 Å². The van der Waals surface area contributed by atoms with E-state index in [0.29, 0.717) is 11.7 Å². The van der Waals surface area contributed by atoms with Crippen LogP contribution in [0.4, 0.5) is 0 Å². The summed E-state index contributed by atoms with van der Waals surface area (Å²) in [6.45, 7) is 4.42. The van der Waals surface area contributed by atoms with E-state index in [0.717, 1.165) is 17.7 Å². The van der Waals surface area contributed by atoms with Gasteiger partial charge < -0.3 is 20.3 Å². The third kappa shape index (κ3) is 2.70. The Morgan fingerprint density at radius 1 is 1.29 bits per heavy atom. The average molecular weight is 237 g/mol. The summed E-state index contributed by atoms with van der Waals surface area (Å²) in [6.07, 6.45) is 0.127. The highest BCUT2D eigenvalue weighted by Gasteiger charge is 2.21. The molecule has 0 saturated heterocycles. The Labute approximate surface area is 101 Å². The van der Waals surface area contributed by atoms with Gasteiger partial charge in [0.25, 0.3) is 0 Å². The molecule has 1 aliphatic rings. The van der Waals surface area contributed by atoms with Gasteiger partial charge in [-0.25, -0.2) is 0 Å². The fraction of sp³-hybridized carbons (Fsp3) is 0.538. The lowest BCUT2D eigenvalue weighted by molar-refractivity contribution is 0.135. The maximum atomic E-state index is 10.1. The van der Waals surface area contributed by atoms with Crippen LogP contribution in [-0.2, 0) is 0 Å². The van der Waals surface area contributed by atoms with E-state index in [9.17, 15) is 5.11 Å². The minimum atomic E-state index is -0.660. The molecule has 4 nitrogen and oxygen atoms in total. The van der Waals surface area contributed by atoms with Crippen LogP contribution in [0.3, 0.4) is 0 Å². The van der Waals surface area contributed by atoms with Crippen LogP contribution in [0.15, 0.2) is 18.2 Å². The van der Waals surface area contributed by atoms with Crippen LogP contribution in [0.5, 0.6) is 11.5 Å². The number of aliphatic hydroxyl groups excluding tert-OH is 1. The zero-order valence-corrected chi connectivity index (χ0v) is 10.2. The summed E-state index contributed by atoms with van der Waals surface area (Å²) < 4.78 is 10.5. The molecule has 0 amide bonds. The molecule has 0 saturated carbocycles. The van der Waals surface area contributed by atoms with Crippen LogP contribution in [0.1, 0.15) is 31.9 Å². The van der Waals surface area contributed by atoms with Crippen molar-refractivity contribution < 1.29 is 14.6 Å². The van der Waals surface area contributed by atoms with E-state index in [1.807, 2.05) is 12.1 Å². The Bertz CT molecular complexity index is 392. The van der Waals surface area contributed by atoms with Crippen molar-refractivity contribution in [3.63, 3.8) is 0 Å². The highest BCUT2D eigenvalue weighted by Crippen LogP contribution is 2.35. The van der Waals surface area contributed by atoms with Gasteiger partial charge in [-0.15, -0.1) is 0 Å². The SMILES string of the molecule is CC(C)CC(N)C(O)c1ccc2c(c1)OCO2. The fourth-order valence-electron chi connectivity index (χ4n) is 2.02. The molecule has 0 fully saturated rings. The Morgan fingerprint density at radius 3 is 2.71 bits per heavy atom. The first-order chi connectivity index (χ1) is 8.08. The molecule has 0 aliphatic carbocycles. The molecule has 0 aromatic heterocycles. The molecule has 2 atom stereocenters. The van der Waals surface area contributed by atoms with Crippen LogP contribution in [0.25, 0.3) is 0 Å². The van der Waals surface area contributed by atoms with E-state index >= 15 is 0 Å². The number of hydrogen-bond donors (Lipinski definition) is 2. The standard InChI is InChI=1S/C13H19NO3/c1-8(2)5-10(14)13(15)9-3-4-11-12(6-9)17-7-16-11/h3-4,6,8,10,13,15H,5,7,14H2,1-2H3. The first-order valence-corrected chi connectivity index (χ1v) is 5.91. The molecule has 2 rings (SSSR count). The van der Waals surface area contributed by atoms with Gasteiger partial charge in [-0.2, -0.15) is 0 Å². The van der Waals surface area contributed by atoms with Crippen molar-refractivity contribution in [2.24, 2.45) is 11.7 Å². The summed E-state index contributed by atoms with van der Waals surface area (Å²) in [6, 6.07) is 5.18. The number of hydrogen-bond acceptors (Lipinski definition) is 4. The van der Waals surface area contributed by atoms with E-state index in [1.165, 1.54) is 0 Å². The highest BCUT2D eigenvalue weighted by molar-refractivity contribution is 5.45. The molecule has 94 valence electrons. The van der Waals surface area contributed by atoms with Crippen molar-refractivity contribution in [2.75, 3.05) is 6.79 Å². The van der Waals surface area contributed by atoms with Crippen LogP contribution < -0.4 is 15.2 Å². The molecular formula is C13H19NO3. The molecule has 0 radical (unpaired) electrons. The lowest BCUT2D eigenvalue weighted by Crippen LogP contribution is -2.29. The predicted octanol–water partition coefficient (Wildman–Crippen LogP) is 1.82. The Hall–Kier alpha value is -1.26. The molecule has 1 aliphatic heterocycles. The molecule has 2 unspecified atom stereocenters. The number of ether oxygens (including phenoxy) is 2. The van der Waals surface area contributed by atoms with Crippen LogP contribution in [0.2, 0.25) is 0 Å². The molecule has 1 aromatic carbocycles. The number of rotatable bonds is 4. The van der Waals surface area contributed by atoms with Gasteiger partial charge >= 0.3 is 0 Å². The molecule has 0 spiro atoms. The van der Waals surface area contributed by atoms with E-state index in [1.54, 1.807) is 6.07 Å². The molecule has 4 heteroatoms. The fourth-order valence-corrected chi connectivity index (χ4v) is 2.02. The summed E-state index contributed by atoms with van der Waals surface area (Å²) in [5, 5.41) is 10.1. The van der Waals surface area contributed by atoms with Gasteiger partial charge in [0.1, 0.15) is 0 Å². The van der Waals surface area contributed by atoms with Gasteiger partial charge in [0.15, 0.2) is 11.5 Å². The Balaban J connectivity index is 2.11. The Kier molecular flexibility index (Phi) is 3.54. The molecular weight excluding hydrogens is 218 g/mol. The topological polar surface area (TPSA) is 64.7 Å². The molecule has 1 aromatic rings. The molecule has 1 heterocycles. The second-order valence-corrected chi connectivity index (χ2v) is 4.85. The highest BCUT2D eigenvalue weighted by atomic mass is 16.7. The van der Waals surface area contributed by atoms with Gasteiger partial charge in [0.2, 0.25) is 6.79 Å². The summed E-state index contributed by atoms with van der Waals surface area (Å²) in [5.74, 6) is 1.87. The van der Waals surface area contributed by atoms with Gasteiger partial charge in [0.05, 0.1) is 6.10 Å². The van der Waals surface area contributed by atoms with Crippen molar-refractivity contribution >= 4 is 0 Å². The molecule has 0 bridgehead atoms. The van der Waals surface area contributed by atoms with Gasteiger partial charge in [0, 0.05) is 6.04 Å². The van der Waals surface area contributed by atoms with Crippen LogP contribution in [-0.4, -0.2) is 17.9 Å². The first kappa shape index (κ1) is 12.2. The normalized spacial score (nSPS) is 17.2. The van der Waals surface area contributed by atoms with Crippen LogP contribution >= 0.6 is 0 Å². The Morgan fingerprint density at radius 2 is 2.00 bits per heavy atom. The summed E-state index contributed by atoms with van der Waals surface area (Å²) in [7, 11) is 0. The number of fused-ring (bicyclic) bond motifs is 1. The minimum Gasteiger partial charge on any atom is -0.454 e. The van der Waals surface area contributed by atoms with Crippen molar-refractivity contribution in [2.45, 2.75) is 32.4 Å². The van der Waals surface area contributed by atoms with Crippen LogP contribution in [0, 0.1) is 5.92 Å². The lowest BCUT2D eigenvalue weighted by Gasteiger charge is -2.21. The van der Waals surface area contributed by atoms with E-state index in [4.69, 9.17) is 15.2 Å². The zero-order chi connectivity index (χ0) is 12.4. The maximum Gasteiger partial charge on any atom is 0.231 e. The number of aliphatic hydroxyl groups is 1. The van der Waals surface area contributed by atoms with E-state index in [-0.39, 0.29) is 12.8 Å². The van der Waals surface area contributed by atoms with Gasteiger partial charge in [-0.1, -0.05) is 19.9 Å².